The molecule has 0 radical (unpaired) electrons. The van der Waals surface area contributed by atoms with Crippen molar-refractivity contribution in [3.63, 3.8) is 0 Å². The van der Waals surface area contributed by atoms with Crippen molar-refractivity contribution >= 4 is 15.7 Å². The van der Waals surface area contributed by atoms with Crippen LogP contribution in [0.5, 0.6) is 0 Å². The van der Waals surface area contributed by atoms with E-state index in [1.165, 1.54) is 16.7 Å². The van der Waals surface area contributed by atoms with Crippen LogP contribution in [0.4, 0.5) is 5.82 Å². The third-order valence-corrected chi connectivity index (χ3v) is 5.51. The number of aliphatic hydroxyl groups excluding tert-OH is 1. The third-order valence-electron chi connectivity index (χ3n) is 4.38. The van der Waals surface area contributed by atoms with E-state index in [4.69, 9.17) is 9.84 Å². The Labute approximate surface area is 158 Å². The van der Waals surface area contributed by atoms with E-state index in [9.17, 15) is 13.2 Å². The van der Waals surface area contributed by atoms with Crippen molar-refractivity contribution in [2.45, 2.75) is 17.7 Å². The number of aliphatic hydroxyl groups is 1. The molecule has 1 saturated heterocycles. The summed E-state index contributed by atoms with van der Waals surface area (Å²) in [4.78, 5) is 19.6. The maximum atomic E-state index is 13.0. The van der Waals surface area contributed by atoms with Gasteiger partial charge in [-0.3, -0.25) is 9.36 Å². The van der Waals surface area contributed by atoms with Crippen molar-refractivity contribution in [2.24, 2.45) is 0 Å². The molecule has 8 nitrogen and oxygen atoms in total. The summed E-state index contributed by atoms with van der Waals surface area (Å²) in [5, 5.41) is 9.11. The molecule has 1 aliphatic rings. The second kappa shape index (κ2) is 8.20. The number of sulfone groups is 1. The van der Waals surface area contributed by atoms with Gasteiger partial charge in [-0.25, -0.2) is 13.4 Å². The first kappa shape index (κ1) is 19.5. The molecule has 1 aliphatic heterocycles. The second-order valence-electron chi connectivity index (χ2n) is 6.42. The van der Waals surface area contributed by atoms with Crippen molar-refractivity contribution in [3.05, 3.63) is 46.5 Å². The molecule has 0 bridgehead atoms. The van der Waals surface area contributed by atoms with E-state index >= 15 is 0 Å². The number of hydrogen-bond donors (Lipinski definition) is 1. The summed E-state index contributed by atoms with van der Waals surface area (Å²) < 4.78 is 30.2. The summed E-state index contributed by atoms with van der Waals surface area (Å²) in [6.45, 7) is 2.27. The Morgan fingerprint density at radius 1 is 1.19 bits per heavy atom. The first-order valence-electron chi connectivity index (χ1n) is 8.77. The molecule has 0 amide bonds. The number of benzene rings is 1. The van der Waals surface area contributed by atoms with E-state index < -0.39 is 9.84 Å². The summed E-state index contributed by atoms with van der Waals surface area (Å²) >= 11 is 0. The standard InChI is InChI=1S/C18H23N3O5S/c1-27(24,25)16-6-4-15(5-7-16)21-13-14(3-2-10-22)19-17(18(21)23)20-8-11-26-12-9-20/h4-7,13,22H,2-3,8-12H2,1H3. The monoisotopic (exact) mass is 393 g/mol. The number of hydrogen-bond acceptors (Lipinski definition) is 7. The highest BCUT2D eigenvalue weighted by Crippen LogP contribution is 2.16. The van der Waals surface area contributed by atoms with E-state index in [1.54, 1.807) is 18.3 Å². The molecule has 3 rings (SSSR count). The average molecular weight is 393 g/mol. The fourth-order valence-corrected chi connectivity index (χ4v) is 3.57. The zero-order valence-corrected chi connectivity index (χ0v) is 16.0. The smallest absolute Gasteiger partial charge is 0.298 e. The van der Waals surface area contributed by atoms with Gasteiger partial charge in [-0.1, -0.05) is 0 Å². The molecule has 0 unspecified atom stereocenters. The second-order valence-corrected chi connectivity index (χ2v) is 8.44. The Balaban J connectivity index is 2.06. The van der Waals surface area contributed by atoms with E-state index in [2.05, 4.69) is 4.98 Å². The van der Waals surface area contributed by atoms with Gasteiger partial charge in [0.2, 0.25) is 0 Å². The Hall–Kier alpha value is -2.23. The molecule has 1 aromatic heterocycles. The lowest BCUT2D eigenvalue weighted by atomic mass is 10.2. The fourth-order valence-electron chi connectivity index (χ4n) is 2.94. The van der Waals surface area contributed by atoms with E-state index in [1.807, 2.05) is 4.90 Å². The number of morpholine rings is 1. The van der Waals surface area contributed by atoms with Gasteiger partial charge in [0.15, 0.2) is 15.7 Å². The number of anilines is 1. The van der Waals surface area contributed by atoms with Crippen LogP contribution in [0.15, 0.2) is 40.2 Å². The molecule has 0 aliphatic carbocycles. The molecular weight excluding hydrogens is 370 g/mol. The van der Waals surface area contributed by atoms with Crippen LogP contribution in [0, 0.1) is 0 Å². The first-order chi connectivity index (χ1) is 12.9. The molecule has 1 fully saturated rings. The van der Waals surface area contributed by atoms with Crippen molar-refractivity contribution in [1.82, 2.24) is 9.55 Å². The summed E-state index contributed by atoms with van der Waals surface area (Å²) in [5.41, 5.74) is 0.989. The van der Waals surface area contributed by atoms with Gasteiger partial charge in [0.1, 0.15) is 0 Å². The quantitative estimate of drug-likeness (QED) is 0.758. The molecule has 9 heteroatoms. The summed E-state index contributed by atoms with van der Waals surface area (Å²) in [5.74, 6) is 0.348. The Bertz CT molecular complexity index is 948. The van der Waals surface area contributed by atoms with Gasteiger partial charge < -0.3 is 14.7 Å². The highest BCUT2D eigenvalue weighted by atomic mass is 32.2. The number of nitrogens with zero attached hydrogens (tertiary/aromatic N) is 3. The van der Waals surface area contributed by atoms with Crippen molar-refractivity contribution in [1.29, 1.82) is 0 Å². The highest BCUT2D eigenvalue weighted by molar-refractivity contribution is 7.90. The minimum atomic E-state index is -3.31. The Morgan fingerprint density at radius 3 is 2.44 bits per heavy atom. The molecule has 0 spiro atoms. The number of aryl methyl sites for hydroxylation is 1. The average Bonchev–Trinajstić information content (AvgIpc) is 2.67. The maximum Gasteiger partial charge on any atom is 0.298 e. The number of aromatic nitrogens is 2. The van der Waals surface area contributed by atoms with Gasteiger partial charge >= 0.3 is 0 Å². The highest BCUT2D eigenvalue weighted by Gasteiger charge is 2.19. The lowest BCUT2D eigenvalue weighted by molar-refractivity contribution is 0.122. The van der Waals surface area contributed by atoms with Crippen molar-refractivity contribution in [3.8, 4) is 5.69 Å². The summed E-state index contributed by atoms with van der Waals surface area (Å²) in [6, 6.07) is 6.19. The topological polar surface area (TPSA) is 102 Å². The number of ether oxygens (including phenoxy) is 1. The number of rotatable bonds is 6. The van der Waals surface area contributed by atoms with Crippen molar-refractivity contribution in [2.75, 3.05) is 44.1 Å². The van der Waals surface area contributed by atoms with Crippen LogP contribution in [0.2, 0.25) is 0 Å². The van der Waals surface area contributed by atoms with Crippen LogP contribution in [-0.2, 0) is 21.0 Å². The Kier molecular flexibility index (Phi) is 5.93. The van der Waals surface area contributed by atoms with E-state index in [0.717, 1.165) is 6.26 Å². The first-order valence-corrected chi connectivity index (χ1v) is 10.7. The molecule has 27 heavy (non-hydrogen) atoms. The molecule has 1 aromatic carbocycles. The predicted octanol–water partition coefficient (Wildman–Crippen LogP) is 0.397. The van der Waals surface area contributed by atoms with Gasteiger partial charge in [0.25, 0.3) is 5.56 Å². The molecule has 1 N–H and O–H groups in total. The van der Waals surface area contributed by atoms with E-state index in [0.29, 0.717) is 56.3 Å². The zero-order chi connectivity index (χ0) is 19.4. The Morgan fingerprint density at radius 2 is 1.85 bits per heavy atom. The lowest BCUT2D eigenvalue weighted by Crippen LogP contribution is -2.41. The zero-order valence-electron chi connectivity index (χ0n) is 15.2. The fraction of sp³-hybridized carbons (Fsp3) is 0.444. The van der Waals surface area contributed by atoms with Crippen LogP contribution in [0.3, 0.4) is 0 Å². The predicted molar refractivity (Wildman–Crippen MR) is 101 cm³/mol. The largest absolute Gasteiger partial charge is 0.396 e. The lowest BCUT2D eigenvalue weighted by Gasteiger charge is -2.28. The van der Waals surface area contributed by atoms with E-state index in [-0.39, 0.29) is 17.1 Å². The van der Waals surface area contributed by atoms with Crippen LogP contribution < -0.4 is 10.5 Å². The van der Waals surface area contributed by atoms with Crippen LogP contribution in [-0.4, -0.2) is 62.2 Å². The molecule has 0 saturated carbocycles. The molecular formula is C18H23N3O5S. The third kappa shape index (κ3) is 4.55. The summed E-state index contributed by atoms with van der Waals surface area (Å²) in [7, 11) is -3.31. The normalized spacial score (nSPS) is 15.1. The van der Waals surface area contributed by atoms with Crippen molar-refractivity contribution < 1.29 is 18.3 Å². The van der Waals surface area contributed by atoms with Gasteiger partial charge in [0.05, 0.1) is 23.8 Å². The molecule has 0 atom stereocenters. The summed E-state index contributed by atoms with van der Waals surface area (Å²) in [6.07, 6.45) is 3.87. The van der Waals surface area contributed by atoms with Gasteiger partial charge in [0, 0.05) is 37.8 Å². The minimum absolute atomic E-state index is 0.0384. The van der Waals surface area contributed by atoms with Gasteiger partial charge in [-0.05, 0) is 37.1 Å². The van der Waals surface area contributed by atoms with Crippen LogP contribution in [0.1, 0.15) is 12.1 Å². The SMILES string of the molecule is CS(=O)(=O)c1ccc(-n2cc(CCCO)nc(N3CCOCC3)c2=O)cc1. The van der Waals surface area contributed by atoms with Crippen LogP contribution >= 0.6 is 0 Å². The molecule has 146 valence electrons. The van der Waals surface area contributed by atoms with Gasteiger partial charge in [-0.15, -0.1) is 0 Å². The van der Waals surface area contributed by atoms with Crippen LogP contribution in [0.25, 0.3) is 5.69 Å². The molecule has 2 aromatic rings. The maximum absolute atomic E-state index is 13.0. The minimum Gasteiger partial charge on any atom is -0.396 e. The van der Waals surface area contributed by atoms with Gasteiger partial charge in [-0.2, -0.15) is 0 Å². The molecule has 2 heterocycles.